The number of benzene rings is 2. The van der Waals surface area contributed by atoms with Gasteiger partial charge in [-0.15, -0.1) is 4.40 Å². The Morgan fingerprint density at radius 1 is 1.12 bits per heavy atom. The molecule has 9 heteroatoms. The number of hydrogen-bond donors (Lipinski definition) is 1. The Hall–Kier alpha value is -2.39. The molecule has 24 heavy (non-hydrogen) atoms. The third-order valence-electron chi connectivity index (χ3n) is 4.08. The van der Waals surface area contributed by atoms with Gasteiger partial charge in [0.25, 0.3) is 20.0 Å². The first-order valence-electron chi connectivity index (χ1n) is 7.20. The van der Waals surface area contributed by atoms with E-state index in [0.717, 1.165) is 18.0 Å². The molecule has 0 atom stereocenters. The van der Waals surface area contributed by atoms with Crippen LogP contribution in [0.3, 0.4) is 0 Å². The fraction of sp³-hybridized carbons (Fsp3) is 0.133. The molecule has 0 unspecified atom stereocenters. The Labute approximate surface area is 139 Å². The van der Waals surface area contributed by atoms with Gasteiger partial charge in [0.2, 0.25) is 0 Å². The molecule has 124 valence electrons. The van der Waals surface area contributed by atoms with Crippen molar-refractivity contribution < 1.29 is 16.8 Å². The highest BCUT2D eigenvalue weighted by atomic mass is 32.2. The van der Waals surface area contributed by atoms with E-state index in [1.54, 1.807) is 12.1 Å². The second-order valence-electron chi connectivity index (χ2n) is 5.47. The molecule has 2 aliphatic rings. The van der Waals surface area contributed by atoms with Gasteiger partial charge in [-0.25, -0.2) is 8.42 Å². The molecule has 0 amide bonds. The molecule has 0 saturated carbocycles. The van der Waals surface area contributed by atoms with Crippen LogP contribution >= 0.6 is 0 Å². The predicted molar refractivity (Wildman–Crippen MR) is 90.4 cm³/mol. The molecule has 2 aromatic carbocycles. The summed E-state index contributed by atoms with van der Waals surface area (Å²) in [6.45, 7) is 0.335. The molecule has 0 aromatic heterocycles. The topological polar surface area (TPSA) is 95.9 Å². The number of para-hydroxylation sites is 1. The van der Waals surface area contributed by atoms with Crippen molar-refractivity contribution in [3.63, 3.8) is 0 Å². The predicted octanol–water partition coefficient (Wildman–Crippen LogP) is 1.58. The maximum absolute atomic E-state index is 13.0. The minimum atomic E-state index is -3.88. The lowest BCUT2D eigenvalue weighted by molar-refractivity contribution is 0.591. The van der Waals surface area contributed by atoms with E-state index in [9.17, 15) is 16.8 Å². The van der Waals surface area contributed by atoms with Gasteiger partial charge < -0.3 is 5.32 Å². The molecule has 2 aromatic rings. The van der Waals surface area contributed by atoms with Gasteiger partial charge in [-0.2, -0.15) is 8.42 Å². The molecule has 0 bridgehead atoms. The van der Waals surface area contributed by atoms with Crippen molar-refractivity contribution in [3.8, 4) is 0 Å². The van der Waals surface area contributed by atoms with Crippen LogP contribution in [0.1, 0.15) is 5.56 Å². The summed E-state index contributed by atoms with van der Waals surface area (Å²) in [7, 11) is -7.73. The number of nitrogens with zero attached hydrogens (tertiary/aromatic N) is 2. The van der Waals surface area contributed by atoms with E-state index in [1.165, 1.54) is 16.4 Å². The number of sulfonamides is 2. The summed E-state index contributed by atoms with van der Waals surface area (Å²) >= 11 is 0. The van der Waals surface area contributed by atoms with E-state index in [-0.39, 0.29) is 9.79 Å². The van der Waals surface area contributed by atoms with Gasteiger partial charge in [-0.3, -0.25) is 4.31 Å². The zero-order valence-corrected chi connectivity index (χ0v) is 14.0. The minimum absolute atomic E-state index is 0.0690. The van der Waals surface area contributed by atoms with Gasteiger partial charge in [-0.1, -0.05) is 18.2 Å². The first-order valence-corrected chi connectivity index (χ1v) is 10.1. The molecule has 7 nitrogen and oxygen atoms in total. The maximum Gasteiger partial charge on any atom is 0.285 e. The number of fused-ring (bicyclic) bond motifs is 2. The molecule has 0 radical (unpaired) electrons. The van der Waals surface area contributed by atoms with Crippen LogP contribution in [0.2, 0.25) is 0 Å². The zero-order chi connectivity index (χ0) is 16.9. The van der Waals surface area contributed by atoms with Crippen LogP contribution in [0.15, 0.2) is 56.7 Å². The van der Waals surface area contributed by atoms with Crippen molar-refractivity contribution in [1.29, 1.82) is 0 Å². The maximum atomic E-state index is 13.0. The highest BCUT2D eigenvalue weighted by Crippen LogP contribution is 2.35. The summed E-state index contributed by atoms with van der Waals surface area (Å²) in [5.41, 5.74) is 1.90. The van der Waals surface area contributed by atoms with E-state index in [1.807, 2.05) is 12.1 Å². The van der Waals surface area contributed by atoms with Crippen LogP contribution in [0, 0.1) is 0 Å². The summed E-state index contributed by atoms with van der Waals surface area (Å²) in [5.74, 6) is 0. The van der Waals surface area contributed by atoms with E-state index in [0.29, 0.717) is 24.3 Å². The molecule has 0 fully saturated rings. The Kier molecular flexibility index (Phi) is 3.19. The highest BCUT2D eigenvalue weighted by molar-refractivity contribution is 7.93. The van der Waals surface area contributed by atoms with Gasteiger partial charge in [-0.05, 0) is 36.2 Å². The number of nitrogens with one attached hydrogen (secondary N) is 1. The molecule has 4 rings (SSSR count). The van der Waals surface area contributed by atoms with Crippen LogP contribution in [-0.4, -0.2) is 29.7 Å². The highest BCUT2D eigenvalue weighted by Gasteiger charge is 2.32. The lowest BCUT2D eigenvalue weighted by atomic mass is 10.2. The minimum Gasteiger partial charge on any atom is -0.345 e. The smallest absolute Gasteiger partial charge is 0.285 e. The van der Waals surface area contributed by atoms with Crippen molar-refractivity contribution in [3.05, 3.63) is 48.0 Å². The van der Waals surface area contributed by atoms with Crippen LogP contribution in [0.4, 0.5) is 11.4 Å². The molecular weight excluding hydrogens is 350 g/mol. The largest absolute Gasteiger partial charge is 0.345 e. The monoisotopic (exact) mass is 363 g/mol. The van der Waals surface area contributed by atoms with Crippen molar-refractivity contribution >= 4 is 37.8 Å². The van der Waals surface area contributed by atoms with E-state index in [4.69, 9.17) is 0 Å². The number of hydrogen-bond acceptors (Lipinski definition) is 5. The quantitative estimate of drug-likeness (QED) is 0.874. The second kappa shape index (κ2) is 5.05. The Morgan fingerprint density at radius 3 is 2.75 bits per heavy atom. The van der Waals surface area contributed by atoms with Crippen LogP contribution in [0.25, 0.3) is 0 Å². The lowest BCUT2D eigenvalue weighted by Gasteiger charge is -2.21. The zero-order valence-electron chi connectivity index (χ0n) is 12.4. The van der Waals surface area contributed by atoms with E-state index in [2.05, 4.69) is 9.71 Å². The average molecular weight is 363 g/mol. The van der Waals surface area contributed by atoms with Gasteiger partial charge in [0.05, 0.1) is 16.3 Å². The second-order valence-corrected chi connectivity index (χ2v) is 8.93. The molecule has 0 saturated heterocycles. The molecule has 0 aliphatic carbocycles. The summed E-state index contributed by atoms with van der Waals surface area (Å²) < 4.78 is 54.7. The van der Waals surface area contributed by atoms with Crippen molar-refractivity contribution in [2.45, 2.75) is 16.2 Å². The first kappa shape index (κ1) is 15.2. The van der Waals surface area contributed by atoms with Crippen molar-refractivity contribution in [2.24, 2.45) is 4.40 Å². The average Bonchev–Trinajstić information content (AvgIpc) is 2.99. The van der Waals surface area contributed by atoms with Crippen LogP contribution < -0.4 is 9.62 Å². The van der Waals surface area contributed by atoms with Crippen molar-refractivity contribution in [1.82, 2.24) is 0 Å². The van der Waals surface area contributed by atoms with E-state index < -0.39 is 20.0 Å². The molecule has 0 spiro atoms. The van der Waals surface area contributed by atoms with Gasteiger partial charge in [0, 0.05) is 6.54 Å². The fourth-order valence-electron chi connectivity index (χ4n) is 2.90. The summed E-state index contributed by atoms with van der Waals surface area (Å²) in [4.78, 5) is -0.209. The number of rotatable bonds is 2. The Bertz CT molecular complexity index is 1080. The SMILES string of the molecule is O=S1(=O)N=CNc2ccc(S(=O)(=O)N3CCc4ccccc43)cc21. The molecule has 1 N–H and O–H groups in total. The summed E-state index contributed by atoms with van der Waals surface area (Å²) in [5, 5.41) is 2.70. The molecule has 2 aliphatic heterocycles. The number of anilines is 2. The first-order chi connectivity index (χ1) is 11.4. The van der Waals surface area contributed by atoms with Crippen LogP contribution in [0.5, 0.6) is 0 Å². The standard InChI is InChI=1S/C15H13N3O4S2/c19-23(20)15-9-12(5-6-13(15)16-10-17-23)24(21,22)18-8-7-11-3-1-2-4-14(11)18/h1-6,9-10H,7-8H2,(H,16,17). The van der Waals surface area contributed by atoms with E-state index >= 15 is 0 Å². The van der Waals surface area contributed by atoms with Gasteiger partial charge in [0.1, 0.15) is 11.2 Å². The van der Waals surface area contributed by atoms with Crippen LogP contribution in [-0.2, 0) is 26.5 Å². The van der Waals surface area contributed by atoms with Crippen molar-refractivity contribution in [2.75, 3.05) is 16.2 Å². The summed E-state index contributed by atoms with van der Waals surface area (Å²) in [6.07, 6.45) is 1.70. The third-order valence-corrected chi connectivity index (χ3v) is 7.16. The summed E-state index contributed by atoms with van der Waals surface area (Å²) in [6, 6.07) is 11.3. The fourth-order valence-corrected chi connectivity index (χ4v) is 5.49. The lowest BCUT2D eigenvalue weighted by Crippen LogP contribution is -2.29. The van der Waals surface area contributed by atoms with Gasteiger partial charge >= 0.3 is 0 Å². The Balaban J connectivity index is 1.83. The third kappa shape index (κ3) is 2.20. The normalized spacial score (nSPS) is 17.9. The molecular formula is C15H13N3O4S2. The molecule has 2 heterocycles. The Morgan fingerprint density at radius 2 is 1.92 bits per heavy atom. The van der Waals surface area contributed by atoms with Gasteiger partial charge in [0.15, 0.2) is 0 Å².